The maximum Gasteiger partial charge on any atom is 0.0915 e. The first-order valence-electron chi connectivity index (χ1n) is 7.28. The van der Waals surface area contributed by atoms with Crippen molar-refractivity contribution in [2.45, 2.75) is 19.9 Å². The van der Waals surface area contributed by atoms with Crippen molar-refractivity contribution in [2.24, 2.45) is 10.9 Å². The van der Waals surface area contributed by atoms with Crippen molar-refractivity contribution in [3.05, 3.63) is 42.0 Å². The Morgan fingerprint density at radius 1 is 1.12 bits per heavy atom. The van der Waals surface area contributed by atoms with Crippen molar-refractivity contribution in [3.8, 4) is 5.75 Å². The quantitative estimate of drug-likeness (QED) is 0.693. The second-order valence-corrected chi connectivity index (χ2v) is 5.02. The third kappa shape index (κ3) is 8.46. The van der Waals surface area contributed by atoms with Crippen LogP contribution in [0.5, 0.6) is 5.75 Å². The smallest absolute Gasteiger partial charge is 0.0915 e. The van der Waals surface area contributed by atoms with E-state index in [1.54, 1.807) is 19.9 Å². The minimum Gasteiger partial charge on any atom is -2.00 e. The summed E-state index contributed by atoms with van der Waals surface area (Å²) in [7, 11) is 1.75. The molecule has 0 aromatic heterocycles. The minimum atomic E-state index is -1.23. The summed E-state index contributed by atoms with van der Waals surface area (Å²) in [4.78, 5) is 14.9. The van der Waals surface area contributed by atoms with Crippen LogP contribution in [-0.4, -0.2) is 37.6 Å². The first kappa shape index (κ1) is 28.9. The molecule has 8 heteroatoms. The number of hydrogen-bond donors (Lipinski definition) is 1. The molecule has 0 bridgehead atoms. The number of aliphatic hydroxyl groups is 1. The molecule has 0 aliphatic carbocycles. The van der Waals surface area contributed by atoms with Crippen LogP contribution in [0.25, 0.3) is 10.8 Å². The Balaban J connectivity index is -0.000000824. The molecule has 7 nitrogen and oxygen atoms in total. The molecular formula is C18H22NO6V-5. The average Bonchev–Trinajstić information content (AvgIpc) is 2.58. The van der Waals surface area contributed by atoms with E-state index in [1.807, 2.05) is 24.3 Å². The van der Waals surface area contributed by atoms with E-state index in [0.717, 1.165) is 25.0 Å². The van der Waals surface area contributed by atoms with Gasteiger partial charge in [-0.15, -0.1) is 0 Å². The van der Waals surface area contributed by atoms with Crippen molar-refractivity contribution < 1.29 is 49.3 Å². The molecule has 1 atom stereocenters. The largest absolute Gasteiger partial charge is 2.00 e. The van der Waals surface area contributed by atoms with Crippen LogP contribution in [-0.2, 0) is 28.8 Å². The van der Waals surface area contributed by atoms with Crippen LogP contribution < -0.4 is 15.3 Å². The van der Waals surface area contributed by atoms with Gasteiger partial charge in [0, 0.05) is 31.9 Å². The number of carbonyl (C=O) groups is 1. The summed E-state index contributed by atoms with van der Waals surface area (Å²) in [6.45, 7) is 3.49. The van der Waals surface area contributed by atoms with Gasteiger partial charge in [-0.3, -0.25) is 4.99 Å². The van der Waals surface area contributed by atoms with Crippen LogP contribution in [0.3, 0.4) is 0 Å². The molecular weight excluding hydrogens is 377 g/mol. The molecule has 0 aliphatic rings. The predicted octanol–water partition coefficient (Wildman–Crippen LogP) is -0.429. The number of aliphatic hydroxyl groups excluding tert-OH is 1. The van der Waals surface area contributed by atoms with Crippen molar-refractivity contribution in [2.75, 3.05) is 14.2 Å². The zero-order valence-corrected chi connectivity index (χ0v) is 16.5. The second-order valence-electron chi connectivity index (χ2n) is 5.02. The Kier molecular flexibility index (Phi) is 17.1. The topological polar surface area (TPSA) is 147 Å². The van der Waals surface area contributed by atoms with Gasteiger partial charge in [0.1, 0.15) is 0 Å². The maximum absolute atomic E-state index is 11.9. The fourth-order valence-electron chi connectivity index (χ4n) is 2.00. The molecule has 0 saturated carbocycles. The number of carboxylic acid groups (broad SMARTS) is 1. The summed E-state index contributed by atoms with van der Waals surface area (Å²) in [5.41, 5.74) is 0.385. The number of benzene rings is 2. The number of aliphatic imine (C=N–C) groups is 1. The molecule has 2 aromatic carbocycles. The molecule has 0 spiro atoms. The van der Waals surface area contributed by atoms with E-state index in [0.29, 0.717) is 5.56 Å². The Labute approximate surface area is 165 Å². The summed E-state index contributed by atoms with van der Waals surface area (Å²) in [6, 6.07) is 9.79. The third-order valence-electron chi connectivity index (χ3n) is 3.13. The maximum atomic E-state index is 11.9. The van der Waals surface area contributed by atoms with Crippen molar-refractivity contribution in [3.63, 3.8) is 0 Å². The number of nitrogens with zero attached hydrogens (tertiary/aromatic N) is 1. The molecule has 0 saturated heterocycles. The van der Waals surface area contributed by atoms with E-state index in [4.69, 9.17) is 10.2 Å². The van der Waals surface area contributed by atoms with E-state index in [2.05, 4.69) is 4.99 Å². The van der Waals surface area contributed by atoms with Gasteiger partial charge in [0.2, 0.25) is 0 Å². The number of fused-ring (bicyclic) bond motifs is 1. The predicted molar refractivity (Wildman–Crippen MR) is 89.4 cm³/mol. The Hall–Kier alpha value is -1.90. The first-order chi connectivity index (χ1) is 11.5. The third-order valence-corrected chi connectivity index (χ3v) is 3.13. The van der Waals surface area contributed by atoms with Gasteiger partial charge in [-0.2, -0.15) is 7.11 Å². The number of rotatable bonds is 4. The molecule has 1 N–H and O–H groups in total. The average molecular weight is 399 g/mol. The normalized spacial score (nSPS) is 10.6. The monoisotopic (exact) mass is 399 g/mol. The number of hydrogen-bond acceptors (Lipinski definition) is 6. The molecule has 0 amide bonds. The molecule has 2 rings (SSSR count). The van der Waals surface area contributed by atoms with Gasteiger partial charge in [0.15, 0.2) is 0 Å². The van der Waals surface area contributed by atoms with Crippen LogP contribution in [0.15, 0.2) is 41.4 Å². The molecule has 0 heterocycles. The van der Waals surface area contributed by atoms with E-state index in [1.165, 1.54) is 12.3 Å². The molecule has 0 aliphatic heterocycles. The van der Waals surface area contributed by atoms with Gasteiger partial charge < -0.3 is 30.7 Å². The molecule has 0 fully saturated rings. The summed E-state index contributed by atoms with van der Waals surface area (Å²) in [5, 5.41) is 39.9. The van der Waals surface area contributed by atoms with Crippen LogP contribution in [0, 0.1) is 5.92 Å². The van der Waals surface area contributed by atoms with E-state index in [-0.39, 0.29) is 35.7 Å². The molecule has 2 aromatic rings. The minimum absolute atomic E-state index is 0. The van der Waals surface area contributed by atoms with Gasteiger partial charge in [0.25, 0.3) is 0 Å². The standard InChI is InChI=1S/C16H17NO3.CH4O.CH3O.O.V/c1-10(2)15(16(19)20)17-9-13-7-11-5-3-4-6-12(11)8-14(13)18;2*1-2;;/h3-10,15,18H,1-2H3,(H,19,20);2H,1H3;1H3;;/q;;-1;-2;/p-2/t15-;;;;/m0..../s1. The summed E-state index contributed by atoms with van der Waals surface area (Å²) in [6.07, 6.45) is 1.33. The second kappa shape index (κ2) is 15.4. The van der Waals surface area contributed by atoms with Gasteiger partial charge in [0.05, 0.1) is 12.0 Å². The number of carbonyl (C=O) groups excluding carboxylic acids is 1. The molecule has 145 valence electrons. The number of carboxylic acids is 1. The van der Waals surface area contributed by atoms with E-state index >= 15 is 0 Å². The van der Waals surface area contributed by atoms with Gasteiger partial charge in [-0.1, -0.05) is 49.9 Å². The fourth-order valence-corrected chi connectivity index (χ4v) is 2.00. The molecule has 0 unspecified atom stereocenters. The van der Waals surface area contributed by atoms with E-state index in [9.17, 15) is 15.0 Å². The molecule has 1 radical (unpaired) electrons. The van der Waals surface area contributed by atoms with Crippen molar-refractivity contribution >= 4 is 23.0 Å². The number of aliphatic carboxylic acids is 1. The van der Waals surface area contributed by atoms with Gasteiger partial charge in [-0.25, -0.2) is 0 Å². The van der Waals surface area contributed by atoms with Crippen LogP contribution in [0.1, 0.15) is 19.4 Å². The Morgan fingerprint density at radius 3 is 2.00 bits per heavy atom. The van der Waals surface area contributed by atoms with Gasteiger partial charge in [-0.05, 0) is 28.3 Å². The van der Waals surface area contributed by atoms with Crippen LogP contribution in [0.2, 0.25) is 0 Å². The first-order valence-corrected chi connectivity index (χ1v) is 7.28. The fraction of sp³-hybridized carbons (Fsp3) is 0.333. The summed E-state index contributed by atoms with van der Waals surface area (Å²) >= 11 is 0. The molecule has 26 heavy (non-hydrogen) atoms. The zero-order chi connectivity index (χ0) is 18.7. The Bertz CT molecular complexity index is 676. The SMILES string of the molecule is CC(C)[C@H](N=Cc1cc2ccccc2cc1[O-])C(=O)[O-].CO.C[O-].[O-2].[V]. The van der Waals surface area contributed by atoms with Crippen LogP contribution >= 0.6 is 0 Å². The van der Waals surface area contributed by atoms with Gasteiger partial charge >= 0.3 is 0 Å². The summed E-state index contributed by atoms with van der Waals surface area (Å²) in [5.74, 6) is -1.59. The zero-order valence-electron chi connectivity index (χ0n) is 15.1. The summed E-state index contributed by atoms with van der Waals surface area (Å²) < 4.78 is 0. The van der Waals surface area contributed by atoms with Crippen molar-refractivity contribution in [1.29, 1.82) is 0 Å². The van der Waals surface area contributed by atoms with E-state index < -0.39 is 12.0 Å². The Morgan fingerprint density at radius 2 is 1.58 bits per heavy atom. The van der Waals surface area contributed by atoms with Crippen molar-refractivity contribution in [1.82, 2.24) is 0 Å². The van der Waals surface area contributed by atoms with Crippen LogP contribution in [0.4, 0.5) is 0 Å².